The molecule has 0 saturated carbocycles. The second kappa shape index (κ2) is 4.12. The molecule has 80 valence electrons. The molecule has 14 heavy (non-hydrogen) atoms. The van der Waals surface area contributed by atoms with Crippen molar-refractivity contribution in [3.63, 3.8) is 0 Å². The number of carbonyl (C=O) groups is 2. The molecule has 7 heteroatoms. The van der Waals surface area contributed by atoms with Crippen molar-refractivity contribution in [3.8, 4) is 0 Å². The number of carboxylic acids is 1. The van der Waals surface area contributed by atoms with Crippen LogP contribution in [0.1, 0.15) is 0 Å². The summed E-state index contributed by atoms with van der Waals surface area (Å²) in [7, 11) is 0. The zero-order valence-electron chi connectivity index (χ0n) is 7.20. The van der Waals surface area contributed by atoms with Crippen LogP contribution in [0.25, 0.3) is 0 Å². The molecule has 1 amide bonds. The van der Waals surface area contributed by atoms with E-state index in [1.165, 1.54) is 11.8 Å². The Morgan fingerprint density at radius 3 is 2.79 bits per heavy atom. The average Bonchev–Trinajstić information content (AvgIpc) is 2.08. The maximum Gasteiger partial charge on any atom is 0.376 e. The lowest BCUT2D eigenvalue weighted by Crippen LogP contribution is -2.48. The minimum atomic E-state index is -3.85. The van der Waals surface area contributed by atoms with E-state index < -0.39 is 24.3 Å². The normalized spacial score (nSPS) is 18.4. The summed E-state index contributed by atoms with van der Waals surface area (Å²) >= 11 is 1.36. The molecule has 4 nitrogen and oxygen atoms in total. The highest BCUT2D eigenvalue weighted by atomic mass is 32.2. The van der Waals surface area contributed by atoms with Crippen molar-refractivity contribution in [1.29, 1.82) is 0 Å². The first-order valence-electron chi connectivity index (χ1n) is 3.90. The molecule has 0 spiro atoms. The summed E-state index contributed by atoms with van der Waals surface area (Å²) in [6.45, 7) is -0.839. The lowest BCUT2D eigenvalue weighted by molar-refractivity contribution is -0.168. The van der Waals surface area contributed by atoms with Crippen LogP contribution in [0.15, 0.2) is 0 Å². The van der Waals surface area contributed by atoms with Gasteiger partial charge >= 0.3 is 11.9 Å². The summed E-state index contributed by atoms with van der Waals surface area (Å²) in [4.78, 5) is 22.1. The van der Waals surface area contributed by atoms with Crippen LogP contribution in [0.4, 0.5) is 8.78 Å². The first-order chi connectivity index (χ1) is 6.43. The quantitative estimate of drug-likeness (QED) is 0.749. The maximum atomic E-state index is 12.7. The molecule has 1 heterocycles. The van der Waals surface area contributed by atoms with Gasteiger partial charge in [0.05, 0.1) is 12.3 Å². The zero-order valence-corrected chi connectivity index (χ0v) is 8.02. The zero-order chi connectivity index (χ0) is 10.8. The molecule has 1 N–H and O–H groups in total. The minimum absolute atomic E-state index is 0.149. The summed E-state index contributed by atoms with van der Waals surface area (Å²) in [5.41, 5.74) is 0. The van der Waals surface area contributed by atoms with E-state index in [4.69, 9.17) is 5.11 Å². The van der Waals surface area contributed by atoms with E-state index in [1.54, 1.807) is 0 Å². The largest absolute Gasteiger partial charge is 0.477 e. The fraction of sp³-hybridized carbons (Fsp3) is 0.714. The number of rotatable bonds is 3. The molecule has 1 rings (SSSR count). The summed E-state index contributed by atoms with van der Waals surface area (Å²) in [5, 5.41) is 8.16. The lowest BCUT2D eigenvalue weighted by atomic mass is 10.3. The number of carbonyl (C=O) groups excluding carboxylic acids is 1. The van der Waals surface area contributed by atoms with Gasteiger partial charge in [-0.25, -0.2) is 4.79 Å². The highest BCUT2D eigenvalue weighted by molar-refractivity contribution is 8.00. The Hall–Kier alpha value is -0.850. The Morgan fingerprint density at radius 1 is 1.64 bits per heavy atom. The molecule has 0 atom stereocenters. The number of amides is 1. The number of hydrogen-bond acceptors (Lipinski definition) is 3. The van der Waals surface area contributed by atoms with Crippen LogP contribution in [0, 0.1) is 0 Å². The summed E-state index contributed by atoms with van der Waals surface area (Å²) in [6, 6.07) is 0. The fourth-order valence-corrected chi connectivity index (χ4v) is 1.88. The number of nitrogens with zero attached hydrogens (tertiary/aromatic N) is 1. The summed E-state index contributed by atoms with van der Waals surface area (Å²) in [6.07, 6.45) is 0. The van der Waals surface area contributed by atoms with Crippen LogP contribution >= 0.6 is 11.8 Å². The van der Waals surface area contributed by atoms with Crippen molar-refractivity contribution in [2.24, 2.45) is 0 Å². The van der Waals surface area contributed by atoms with Crippen LogP contribution in [-0.2, 0) is 9.59 Å². The first kappa shape index (κ1) is 11.2. The Balaban J connectivity index is 2.58. The predicted octanol–water partition coefficient (Wildman–Crippen LogP) is 0.282. The average molecular weight is 225 g/mol. The Labute approximate surface area is 83.3 Å². The van der Waals surface area contributed by atoms with Gasteiger partial charge in [-0.05, 0) is 0 Å². The number of alkyl halides is 2. The number of carboxylic acid groups (broad SMARTS) is 1. The third-order valence-electron chi connectivity index (χ3n) is 1.79. The van der Waals surface area contributed by atoms with E-state index in [2.05, 4.69) is 0 Å². The van der Waals surface area contributed by atoms with Crippen molar-refractivity contribution in [2.45, 2.75) is 5.92 Å². The molecule has 0 aliphatic carbocycles. The van der Waals surface area contributed by atoms with E-state index in [-0.39, 0.29) is 12.3 Å². The van der Waals surface area contributed by atoms with Gasteiger partial charge in [0.15, 0.2) is 0 Å². The molecule has 0 unspecified atom stereocenters. The number of hydrogen-bond donors (Lipinski definition) is 1. The first-order valence-corrected chi connectivity index (χ1v) is 5.06. The van der Waals surface area contributed by atoms with Crippen molar-refractivity contribution >= 4 is 23.6 Å². The lowest BCUT2D eigenvalue weighted by Gasteiger charge is -2.28. The number of aliphatic carboxylic acids is 1. The van der Waals surface area contributed by atoms with Crippen molar-refractivity contribution in [2.75, 3.05) is 24.6 Å². The van der Waals surface area contributed by atoms with Crippen molar-refractivity contribution in [1.82, 2.24) is 4.90 Å². The Bertz CT molecular complexity index is 259. The third-order valence-corrected chi connectivity index (χ3v) is 2.71. The Kier molecular flexibility index (Phi) is 3.30. The summed E-state index contributed by atoms with van der Waals surface area (Å²) < 4.78 is 25.4. The van der Waals surface area contributed by atoms with Crippen LogP contribution in [0.3, 0.4) is 0 Å². The summed E-state index contributed by atoms with van der Waals surface area (Å²) in [5.74, 6) is -5.75. The van der Waals surface area contributed by atoms with Crippen LogP contribution < -0.4 is 0 Å². The molecular formula is C7H9F2NO3S. The van der Waals surface area contributed by atoms with Crippen LogP contribution in [-0.4, -0.2) is 52.4 Å². The van der Waals surface area contributed by atoms with E-state index >= 15 is 0 Å². The Morgan fingerprint density at radius 2 is 2.29 bits per heavy atom. The van der Waals surface area contributed by atoms with Gasteiger partial charge in [-0.2, -0.15) is 20.5 Å². The van der Waals surface area contributed by atoms with E-state index in [1.807, 2.05) is 0 Å². The van der Waals surface area contributed by atoms with Crippen LogP contribution in [0.5, 0.6) is 0 Å². The smallest absolute Gasteiger partial charge is 0.376 e. The number of thioether (sulfide) groups is 1. The molecular weight excluding hydrogens is 216 g/mol. The minimum Gasteiger partial charge on any atom is -0.477 e. The monoisotopic (exact) mass is 225 g/mol. The standard InChI is InChI=1S/C7H9F2NO3S/c8-7(9,6(12)13)4-10-1-2-14-3-5(10)11/h1-4H2,(H,12,13). The van der Waals surface area contributed by atoms with E-state index in [0.29, 0.717) is 5.75 Å². The van der Waals surface area contributed by atoms with Gasteiger partial charge in [0.2, 0.25) is 5.91 Å². The fourth-order valence-electron chi connectivity index (χ4n) is 1.02. The van der Waals surface area contributed by atoms with Gasteiger partial charge < -0.3 is 10.0 Å². The molecule has 1 aliphatic heterocycles. The molecule has 0 radical (unpaired) electrons. The van der Waals surface area contributed by atoms with Crippen LogP contribution in [0.2, 0.25) is 0 Å². The topological polar surface area (TPSA) is 57.6 Å². The molecule has 0 aromatic carbocycles. The molecule has 0 bridgehead atoms. The number of halogens is 2. The third kappa shape index (κ3) is 2.57. The molecule has 1 fully saturated rings. The van der Waals surface area contributed by atoms with Crippen molar-refractivity contribution in [3.05, 3.63) is 0 Å². The van der Waals surface area contributed by atoms with Gasteiger partial charge in [0.25, 0.3) is 0 Å². The second-order valence-corrected chi connectivity index (χ2v) is 3.98. The molecule has 1 aliphatic rings. The van der Waals surface area contributed by atoms with E-state index in [9.17, 15) is 18.4 Å². The maximum absolute atomic E-state index is 12.7. The van der Waals surface area contributed by atoms with Gasteiger partial charge in [0, 0.05) is 12.3 Å². The SMILES string of the molecule is O=C1CSCCN1CC(F)(F)C(=O)O. The van der Waals surface area contributed by atoms with E-state index in [0.717, 1.165) is 4.90 Å². The van der Waals surface area contributed by atoms with Crippen molar-refractivity contribution < 1.29 is 23.5 Å². The molecule has 1 saturated heterocycles. The highest BCUT2D eigenvalue weighted by Gasteiger charge is 2.42. The molecule has 0 aromatic rings. The van der Waals surface area contributed by atoms with Gasteiger partial charge in [-0.15, -0.1) is 0 Å². The van der Waals surface area contributed by atoms with Gasteiger partial charge in [-0.3, -0.25) is 4.79 Å². The second-order valence-electron chi connectivity index (χ2n) is 2.88. The van der Waals surface area contributed by atoms with Gasteiger partial charge in [-0.1, -0.05) is 0 Å². The highest BCUT2D eigenvalue weighted by Crippen LogP contribution is 2.19. The predicted molar refractivity (Wildman–Crippen MR) is 46.5 cm³/mol. The van der Waals surface area contributed by atoms with Gasteiger partial charge in [0.1, 0.15) is 0 Å². The molecule has 0 aromatic heterocycles.